The average Bonchev–Trinajstić information content (AvgIpc) is 3.91. The molecule has 9 aromatic carbocycles. The molecule has 284 valence electrons. The third-order valence-electron chi connectivity index (χ3n) is 13.7. The van der Waals surface area contributed by atoms with Gasteiger partial charge < -0.3 is 9.32 Å². The van der Waals surface area contributed by atoms with Crippen LogP contribution in [0.4, 0.5) is 17.1 Å². The summed E-state index contributed by atoms with van der Waals surface area (Å²) in [7, 11) is 0. The van der Waals surface area contributed by atoms with Gasteiger partial charge in [-0.1, -0.05) is 158 Å². The van der Waals surface area contributed by atoms with Crippen LogP contribution in [0.5, 0.6) is 0 Å². The van der Waals surface area contributed by atoms with E-state index in [0.717, 1.165) is 50.1 Å². The fourth-order valence-corrected chi connectivity index (χ4v) is 10.6. The predicted molar refractivity (Wildman–Crippen MR) is 249 cm³/mol. The van der Waals surface area contributed by atoms with Crippen LogP contribution in [0.25, 0.3) is 55.3 Å². The maximum atomic E-state index is 6.29. The van der Waals surface area contributed by atoms with Crippen molar-refractivity contribution >= 4 is 39.0 Å². The molecule has 2 unspecified atom stereocenters. The third-order valence-corrected chi connectivity index (χ3v) is 13.7. The van der Waals surface area contributed by atoms with Gasteiger partial charge in [-0.2, -0.15) is 0 Å². The van der Waals surface area contributed by atoms with Gasteiger partial charge in [0.1, 0.15) is 11.2 Å². The second-order valence-corrected chi connectivity index (χ2v) is 16.7. The van der Waals surface area contributed by atoms with Gasteiger partial charge in [-0.15, -0.1) is 0 Å². The molecule has 2 heteroatoms. The quantitative estimate of drug-likeness (QED) is 0.168. The molecule has 0 aliphatic heterocycles. The summed E-state index contributed by atoms with van der Waals surface area (Å²) in [4.78, 5) is 2.44. The van der Waals surface area contributed by atoms with Crippen molar-refractivity contribution in [1.82, 2.24) is 0 Å². The summed E-state index contributed by atoms with van der Waals surface area (Å²) in [5.74, 6) is 0. The summed E-state index contributed by atoms with van der Waals surface area (Å²) in [6.45, 7) is 4.76. The minimum Gasteiger partial charge on any atom is -0.456 e. The minimum absolute atomic E-state index is 0.266. The van der Waals surface area contributed by atoms with Crippen molar-refractivity contribution in [2.24, 2.45) is 0 Å². The number of hydrogen-bond donors (Lipinski definition) is 0. The van der Waals surface area contributed by atoms with Gasteiger partial charge in [-0.25, -0.2) is 0 Å². The Hall–Kier alpha value is -7.42. The normalized spacial score (nSPS) is 17.3. The topological polar surface area (TPSA) is 16.4 Å². The lowest BCUT2D eigenvalue weighted by Crippen LogP contribution is -2.22. The number of benzene rings is 9. The molecule has 2 atom stereocenters. The molecular formula is C58H41NO. The number of anilines is 3. The van der Waals surface area contributed by atoms with E-state index in [1.165, 1.54) is 55.6 Å². The Balaban J connectivity index is 1.03. The van der Waals surface area contributed by atoms with E-state index in [4.69, 9.17) is 4.42 Å². The summed E-state index contributed by atoms with van der Waals surface area (Å²) >= 11 is 0. The number of nitrogens with zero attached hydrogens (tertiary/aromatic N) is 1. The van der Waals surface area contributed by atoms with Gasteiger partial charge in [0.25, 0.3) is 0 Å². The molecule has 0 saturated carbocycles. The van der Waals surface area contributed by atoms with E-state index in [-0.39, 0.29) is 10.8 Å². The molecule has 0 N–H and O–H groups in total. The van der Waals surface area contributed by atoms with E-state index < -0.39 is 0 Å². The first kappa shape index (κ1) is 34.6. The molecule has 1 aromatic heterocycles. The number of rotatable bonds is 6. The highest BCUT2D eigenvalue weighted by Crippen LogP contribution is 2.56. The van der Waals surface area contributed by atoms with Crippen LogP contribution in [0.2, 0.25) is 0 Å². The van der Waals surface area contributed by atoms with Crippen molar-refractivity contribution in [2.45, 2.75) is 24.7 Å². The van der Waals surface area contributed by atoms with Gasteiger partial charge in [0, 0.05) is 38.7 Å². The molecule has 1 heterocycles. The molecule has 2 aliphatic rings. The number of hydrogen-bond acceptors (Lipinski definition) is 2. The molecule has 0 spiro atoms. The monoisotopic (exact) mass is 767 g/mol. The zero-order chi connectivity index (χ0) is 40.0. The maximum Gasteiger partial charge on any atom is 0.136 e. The average molecular weight is 768 g/mol. The maximum absolute atomic E-state index is 6.29. The Morgan fingerprint density at radius 3 is 1.37 bits per heavy atom. The number of para-hydroxylation sites is 1. The van der Waals surface area contributed by atoms with Gasteiger partial charge >= 0.3 is 0 Å². The van der Waals surface area contributed by atoms with Crippen molar-refractivity contribution < 1.29 is 4.42 Å². The molecular weight excluding hydrogens is 727 g/mol. The molecule has 0 bridgehead atoms. The van der Waals surface area contributed by atoms with Crippen molar-refractivity contribution in [3.05, 3.63) is 246 Å². The Morgan fingerprint density at radius 2 is 0.783 bits per heavy atom. The Labute approximate surface area is 350 Å². The van der Waals surface area contributed by atoms with Crippen LogP contribution in [-0.2, 0) is 10.8 Å². The Bertz CT molecular complexity index is 3140. The van der Waals surface area contributed by atoms with Gasteiger partial charge in [0.15, 0.2) is 0 Å². The molecule has 0 fully saturated rings. The van der Waals surface area contributed by atoms with Crippen molar-refractivity contribution in [3.63, 3.8) is 0 Å². The molecule has 0 amide bonds. The van der Waals surface area contributed by atoms with Gasteiger partial charge in [-0.3, -0.25) is 0 Å². The number of furan rings is 1. The molecule has 2 nitrogen and oxygen atoms in total. The molecule has 0 saturated heterocycles. The zero-order valence-electron chi connectivity index (χ0n) is 33.6. The van der Waals surface area contributed by atoms with Gasteiger partial charge in [0.2, 0.25) is 0 Å². The van der Waals surface area contributed by atoms with E-state index in [2.05, 4.69) is 219 Å². The lowest BCUT2D eigenvalue weighted by Gasteiger charge is -2.30. The minimum atomic E-state index is -0.266. The summed E-state index contributed by atoms with van der Waals surface area (Å²) in [5.41, 5.74) is 20.0. The largest absolute Gasteiger partial charge is 0.456 e. The lowest BCUT2D eigenvalue weighted by atomic mass is 9.74. The van der Waals surface area contributed by atoms with E-state index in [0.29, 0.717) is 0 Å². The SMILES string of the molecule is CC1(c2ccccc2)c2ccccc2-c2cc(N(c3ccc(-c4ccc5c(c4)oc4ccccc45)cc3)c3ccc4c(c3)-c3ccccc3C4(C)c3ccccc3)ccc21. The summed E-state index contributed by atoms with van der Waals surface area (Å²) < 4.78 is 6.29. The highest BCUT2D eigenvalue weighted by atomic mass is 16.3. The summed E-state index contributed by atoms with van der Waals surface area (Å²) in [6.07, 6.45) is 0. The van der Waals surface area contributed by atoms with Crippen LogP contribution in [-0.4, -0.2) is 0 Å². The van der Waals surface area contributed by atoms with Crippen molar-refractivity contribution in [1.29, 1.82) is 0 Å². The first-order chi connectivity index (χ1) is 29.5. The van der Waals surface area contributed by atoms with Crippen LogP contribution in [0.3, 0.4) is 0 Å². The highest BCUT2D eigenvalue weighted by Gasteiger charge is 2.42. The van der Waals surface area contributed by atoms with Crippen LogP contribution < -0.4 is 4.90 Å². The van der Waals surface area contributed by atoms with Gasteiger partial charge in [0.05, 0.1) is 0 Å². The first-order valence-electron chi connectivity index (χ1n) is 20.9. The van der Waals surface area contributed by atoms with E-state index in [1.807, 2.05) is 12.1 Å². The predicted octanol–water partition coefficient (Wildman–Crippen LogP) is 15.4. The highest BCUT2D eigenvalue weighted by molar-refractivity contribution is 6.06. The second-order valence-electron chi connectivity index (χ2n) is 16.7. The fourth-order valence-electron chi connectivity index (χ4n) is 10.6. The molecule has 60 heavy (non-hydrogen) atoms. The second kappa shape index (κ2) is 13.0. The van der Waals surface area contributed by atoms with E-state index >= 15 is 0 Å². The van der Waals surface area contributed by atoms with E-state index in [9.17, 15) is 0 Å². The summed E-state index contributed by atoms with van der Waals surface area (Å²) in [6, 6.07) is 77.9. The van der Waals surface area contributed by atoms with Crippen molar-refractivity contribution in [3.8, 4) is 33.4 Å². The smallest absolute Gasteiger partial charge is 0.136 e. The Morgan fingerprint density at radius 1 is 0.333 bits per heavy atom. The molecule has 10 aromatic rings. The lowest BCUT2D eigenvalue weighted by molar-refractivity contribution is 0.669. The molecule has 12 rings (SSSR count). The molecule has 2 aliphatic carbocycles. The first-order valence-corrected chi connectivity index (χ1v) is 20.9. The van der Waals surface area contributed by atoms with E-state index in [1.54, 1.807) is 0 Å². The Kier molecular flexibility index (Phi) is 7.52. The van der Waals surface area contributed by atoms with Crippen LogP contribution >= 0.6 is 0 Å². The van der Waals surface area contributed by atoms with Crippen LogP contribution in [0.15, 0.2) is 217 Å². The standard InChI is InChI=1S/C58H41NO/c1-57(40-15-5-3-6-16-40)51-22-12-9-19-45(51)49-36-43(30-33-53(49)57)59(42-28-25-38(26-29-42)39-27-32-48-47-21-11-14-24-55(47)60-56(48)35-39)44-31-34-54-50(37-44)46-20-10-13-23-52(46)58(54,2)41-17-7-4-8-18-41/h3-37H,1-2H3. The van der Waals surface area contributed by atoms with Crippen LogP contribution in [0, 0.1) is 0 Å². The fraction of sp³-hybridized carbons (Fsp3) is 0.0690. The summed E-state index contributed by atoms with van der Waals surface area (Å²) in [5, 5.41) is 2.28. The van der Waals surface area contributed by atoms with Crippen molar-refractivity contribution in [2.75, 3.05) is 4.90 Å². The number of fused-ring (bicyclic) bond motifs is 9. The third kappa shape index (κ3) is 4.94. The van der Waals surface area contributed by atoms with Gasteiger partial charge in [-0.05, 0) is 135 Å². The zero-order valence-corrected chi connectivity index (χ0v) is 33.6. The molecule has 0 radical (unpaired) electrons. The van der Waals surface area contributed by atoms with Crippen LogP contribution in [0.1, 0.15) is 47.2 Å².